The molecule has 2 aliphatic rings. The van der Waals surface area contributed by atoms with E-state index in [0.29, 0.717) is 11.5 Å². The van der Waals surface area contributed by atoms with E-state index in [2.05, 4.69) is 48.2 Å². The molecule has 0 N–H and O–H groups in total. The molecule has 2 aromatic rings. The van der Waals surface area contributed by atoms with E-state index in [0.717, 1.165) is 17.4 Å². The summed E-state index contributed by atoms with van der Waals surface area (Å²) in [6.07, 6.45) is -1.71. The van der Waals surface area contributed by atoms with Crippen molar-refractivity contribution in [3.63, 3.8) is 0 Å². The van der Waals surface area contributed by atoms with Gasteiger partial charge in [0.1, 0.15) is 6.17 Å². The van der Waals surface area contributed by atoms with Gasteiger partial charge in [0, 0.05) is 28.8 Å². The second kappa shape index (κ2) is 6.00. The minimum Gasteiger partial charge on any atom is -0.345 e. The summed E-state index contributed by atoms with van der Waals surface area (Å²) in [7, 11) is 0. The van der Waals surface area contributed by atoms with Crippen molar-refractivity contribution in [2.75, 3.05) is 9.80 Å². The van der Waals surface area contributed by atoms with E-state index in [4.69, 9.17) is 0 Å². The first-order valence-corrected chi connectivity index (χ1v) is 9.83. The Labute approximate surface area is 169 Å². The third kappa shape index (κ3) is 2.47. The van der Waals surface area contributed by atoms with Gasteiger partial charge in [-0.2, -0.15) is 13.2 Å². The van der Waals surface area contributed by atoms with E-state index in [1.54, 1.807) is 0 Å². The van der Waals surface area contributed by atoms with E-state index >= 15 is 0 Å². The Balaban J connectivity index is 2.05. The summed E-state index contributed by atoms with van der Waals surface area (Å²) in [5.74, 6) is 0.573. The number of para-hydroxylation sites is 1. The molecule has 2 atom stereocenters. The van der Waals surface area contributed by atoms with Gasteiger partial charge in [-0.3, -0.25) is 0 Å². The second-order valence-corrected chi connectivity index (χ2v) is 8.95. The molecule has 1 aromatic carbocycles. The molecule has 154 valence electrons. The Hall–Kier alpha value is -2.50. The molecule has 3 nitrogen and oxygen atoms in total. The lowest BCUT2D eigenvalue weighted by Gasteiger charge is -2.57. The maximum absolute atomic E-state index is 13.4. The van der Waals surface area contributed by atoms with Crippen LogP contribution in [0.1, 0.15) is 45.7 Å². The van der Waals surface area contributed by atoms with Crippen molar-refractivity contribution in [2.45, 2.75) is 58.4 Å². The smallest absolute Gasteiger partial charge is 0.345 e. The van der Waals surface area contributed by atoms with Crippen LogP contribution in [0.5, 0.6) is 0 Å². The van der Waals surface area contributed by atoms with Crippen LogP contribution in [-0.2, 0) is 11.6 Å². The summed E-state index contributed by atoms with van der Waals surface area (Å²) in [5, 5.41) is 0. The molecule has 0 bridgehead atoms. The van der Waals surface area contributed by atoms with Gasteiger partial charge in [0.25, 0.3) is 0 Å². The van der Waals surface area contributed by atoms with Gasteiger partial charge in [-0.05, 0) is 31.5 Å². The van der Waals surface area contributed by atoms with Gasteiger partial charge in [0.05, 0.1) is 11.3 Å². The van der Waals surface area contributed by atoms with Crippen LogP contribution in [0.25, 0.3) is 0 Å². The lowest BCUT2D eigenvalue weighted by atomic mass is 9.58. The maximum atomic E-state index is 13.4. The van der Waals surface area contributed by atoms with Crippen molar-refractivity contribution in [3.8, 4) is 0 Å². The minimum atomic E-state index is -4.43. The molecule has 2 aliphatic heterocycles. The zero-order chi connectivity index (χ0) is 21.4. The number of hydrogen-bond acceptors (Lipinski definition) is 3. The van der Waals surface area contributed by atoms with Crippen molar-refractivity contribution < 1.29 is 13.2 Å². The Morgan fingerprint density at radius 2 is 1.79 bits per heavy atom. The predicted molar refractivity (Wildman–Crippen MR) is 111 cm³/mol. The van der Waals surface area contributed by atoms with Crippen molar-refractivity contribution in [3.05, 3.63) is 60.3 Å². The summed E-state index contributed by atoms with van der Waals surface area (Å²) >= 11 is 0. The molecule has 0 radical (unpaired) electrons. The number of nitrogens with zero attached hydrogens (tertiary/aromatic N) is 3. The molecule has 6 heteroatoms. The van der Waals surface area contributed by atoms with Crippen molar-refractivity contribution in [1.82, 2.24) is 4.98 Å². The van der Waals surface area contributed by atoms with Crippen LogP contribution < -0.4 is 9.80 Å². The zero-order valence-corrected chi connectivity index (χ0v) is 17.4. The number of halogens is 3. The first-order chi connectivity index (χ1) is 13.4. The second-order valence-electron chi connectivity index (χ2n) is 8.95. The Morgan fingerprint density at radius 3 is 2.38 bits per heavy atom. The third-order valence-electron chi connectivity index (χ3n) is 6.86. The number of alkyl halides is 3. The van der Waals surface area contributed by atoms with Crippen LogP contribution in [-0.4, -0.2) is 17.2 Å². The van der Waals surface area contributed by atoms with E-state index in [1.807, 2.05) is 38.1 Å². The minimum absolute atomic E-state index is 0.00682. The number of hydrogen-bond donors (Lipinski definition) is 0. The summed E-state index contributed by atoms with van der Waals surface area (Å²) in [4.78, 5) is 8.50. The van der Waals surface area contributed by atoms with Crippen LogP contribution in [0.3, 0.4) is 0 Å². The monoisotopic (exact) mass is 401 g/mol. The number of anilines is 3. The van der Waals surface area contributed by atoms with Crippen molar-refractivity contribution >= 4 is 17.2 Å². The highest BCUT2D eigenvalue weighted by Gasteiger charge is 2.59. The van der Waals surface area contributed by atoms with Gasteiger partial charge in [-0.25, -0.2) is 4.98 Å². The number of allylic oxidation sites excluding steroid dienone is 1. The lowest BCUT2D eigenvalue weighted by molar-refractivity contribution is -0.137. The molecule has 29 heavy (non-hydrogen) atoms. The molecule has 0 saturated heterocycles. The summed E-state index contributed by atoms with van der Waals surface area (Å²) in [5.41, 5.74) is 1.15. The molecular formula is C23H26F3N3. The van der Waals surface area contributed by atoms with Crippen molar-refractivity contribution in [2.24, 2.45) is 5.41 Å². The number of aromatic nitrogens is 1. The molecule has 0 fully saturated rings. The topological polar surface area (TPSA) is 19.4 Å². The van der Waals surface area contributed by atoms with E-state index < -0.39 is 11.7 Å². The number of fused-ring (bicyclic) bond motifs is 5. The van der Waals surface area contributed by atoms with Gasteiger partial charge >= 0.3 is 6.18 Å². The molecule has 0 spiro atoms. The van der Waals surface area contributed by atoms with Crippen LogP contribution in [0, 0.1) is 5.41 Å². The Bertz CT molecular complexity index is 980. The lowest BCUT2D eigenvalue weighted by Crippen LogP contribution is -2.62. The molecular weight excluding hydrogens is 375 g/mol. The van der Waals surface area contributed by atoms with Crippen LogP contribution >= 0.6 is 0 Å². The molecule has 2 unspecified atom stereocenters. The van der Waals surface area contributed by atoms with E-state index in [9.17, 15) is 13.2 Å². The third-order valence-corrected chi connectivity index (χ3v) is 6.86. The highest BCUT2D eigenvalue weighted by atomic mass is 19.4. The Morgan fingerprint density at radius 1 is 1.14 bits per heavy atom. The summed E-state index contributed by atoms with van der Waals surface area (Å²) < 4.78 is 40.3. The maximum Gasteiger partial charge on any atom is 0.417 e. The average Bonchev–Trinajstić information content (AvgIpc) is 3.01. The highest BCUT2D eigenvalue weighted by molar-refractivity contribution is 5.85. The first kappa shape index (κ1) is 19.8. The fraction of sp³-hybridized carbons (Fsp3) is 0.435. The van der Waals surface area contributed by atoms with Crippen LogP contribution in [0.4, 0.5) is 30.4 Å². The number of rotatable bonds is 2. The highest BCUT2D eigenvalue weighted by Crippen LogP contribution is 2.61. The van der Waals surface area contributed by atoms with Gasteiger partial charge in [0.2, 0.25) is 0 Å². The largest absolute Gasteiger partial charge is 0.417 e. The van der Waals surface area contributed by atoms with E-state index in [-0.39, 0.29) is 23.0 Å². The van der Waals surface area contributed by atoms with Crippen LogP contribution in [0.2, 0.25) is 0 Å². The van der Waals surface area contributed by atoms with Crippen molar-refractivity contribution in [1.29, 1.82) is 0 Å². The molecule has 0 aliphatic carbocycles. The number of benzene rings is 1. The van der Waals surface area contributed by atoms with Gasteiger partial charge in [-0.15, -0.1) is 6.58 Å². The first-order valence-electron chi connectivity index (χ1n) is 9.83. The summed E-state index contributed by atoms with van der Waals surface area (Å²) in [6, 6.07) is 9.29. The quantitative estimate of drug-likeness (QED) is 0.552. The fourth-order valence-electron chi connectivity index (χ4n) is 4.94. The molecule has 0 saturated carbocycles. The normalized spacial score (nSPS) is 24.9. The van der Waals surface area contributed by atoms with Gasteiger partial charge in [0.15, 0.2) is 5.82 Å². The summed E-state index contributed by atoms with van der Waals surface area (Å²) in [6.45, 7) is 14.6. The van der Waals surface area contributed by atoms with E-state index in [1.165, 1.54) is 6.07 Å². The van der Waals surface area contributed by atoms with Gasteiger partial charge < -0.3 is 9.80 Å². The molecule has 1 aromatic heterocycles. The molecule has 4 rings (SSSR count). The molecule has 3 heterocycles. The standard InChI is InChI=1S/C23H26F3N3/c1-7-22(6)16-10-8-9-11-17(16)29-19-18(12-15(13-27-19)23(24,25)26)28(14(2)3)20(29)21(22,4)5/h7-14,20H,1H2,2-6H3. The van der Waals surface area contributed by atoms with Gasteiger partial charge in [-0.1, -0.05) is 45.0 Å². The number of pyridine rings is 1. The Kier molecular flexibility index (Phi) is 4.10. The fourth-order valence-corrected chi connectivity index (χ4v) is 4.94. The average molecular weight is 401 g/mol. The predicted octanol–water partition coefficient (Wildman–Crippen LogP) is 6.28. The SMILES string of the molecule is C=CC1(C)c2ccccc2N2c3ncc(C(F)(F)F)cc3N(C(C)C)C2C1(C)C. The molecule has 0 amide bonds. The zero-order valence-electron chi connectivity index (χ0n) is 17.4. The van der Waals surface area contributed by atoms with Crippen LogP contribution in [0.15, 0.2) is 49.2 Å².